The highest BCUT2D eigenvalue weighted by Crippen LogP contribution is 2.12. The first kappa shape index (κ1) is 7.28. The van der Waals surface area contributed by atoms with Gasteiger partial charge in [0.2, 0.25) is 0 Å². The van der Waals surface area contributed by atoms with Crippen molar-refractivity contribution < 1.29 is 9.90 Å². The Morgan fingerprint density at radius 1 is 1.80 bits per heavy atom. The van der Waals surface area contributed by atoms with Crippen LogP contribution in [0.2, 0.25) is 0 Å². The van der Waals surface area contributed by atoms with Gasteiger partial charge in [0, 0.05) is 0 Å². The minimum Gasteiger partial charge on any atom is -0.480 e. The predicted octanol–water partition coefficient (Wildman–Crippen LogP) is 0.379. The number of piperidine rings is 1. The molecule has 0 saturated carbocycles. The molecule has 1 aliphatic heterocycles. The minimum atomic E-state index is -0.777. The molecule has 0 spiro atoms. The van der Waals surface area contributed by atoms with E-state index in [0.29, 0.717) is 6.42 Å². The highest BCUT2D eigenvalue weighted by atomic mass is 16.4. The first-order valence-electron chi connectivity index (χ1n) is 3.33. The average molecular weight is 141 g/mol. The fourth-order valence-corrected chi connectivity index (χ4v) is 1.06. The number of nitrogens with one attached hydrogen (secondary N) is 1. The maximum Gasteiger partial charge on any atom is 0.321 e. The molecule has 1 rings (SSSR count). The second-order valence-corrected chi connectivity index (χ2v) is 2.55. The van der Waals surface area contributed by atoms with Gasteiger partial charge in [-0.15, -0.1) is 0 Å². The van der Waals surface area contributed by atoms with E-state index in [1.807, 2.05) is 0 Å². The zero-order chi connectivity index (χ0) is 7.56. The van der Waals surface area contributed by atoms with Crippen LogP contribution >= 0.6 is 0 Å². The van der Waals surface area contributed by atoms with Gasteiger partial charge in [-0.2, -0.15) is 0 Å². The predicted molar refractivity (Wildman–Crippen MR) is 37.8 cm³/mol. The highest BCUT2D eigenvalue weighted by molar-refractivity contribution is 5.74. The van der Waals surface area contributed by atoms with Gasteiger partial charge in [0.05, 0.1) is 0 Å². The zero-order valence-corrected chi connectivity index (χ0v) is 5.76. The lowest BCUT2D eigenvalue weighted by molar-refractivity contribution is -0.139. The molecule has 0 radical (unpaired) electrons. The summed E-state index contributed by atoms with van der Waals surface area (Å²) in [6, 6.07) is -0.402. The van der Waals surface area contributed by atoms with E-state index < -0.39 is 12.0 Å². The van der Waals surface area contributed by atoms with Gasteiger partial charge in [0.1, 0.15) is 6.04 Å². The van der Waals surface area contributed by atoms with E-state index in [1.54, 1.807) is 0 Å². The fraction of sp³-hybridized carbons (Fsp3) is 0.571. The van der Waals surface area contributed by atoms with E-state index in [4.69, 9.17) is 5.11 Å². The van der Waals surface area contributed by atoms with Gasteiger partial charge in [-0.1, -0.05) is 12.2 Å². The summed E-state index contributed by atoms with van der Waals surface area (Å²) in [5, 5.41) is 11.4. The summed E-state index contributed by atoms with van der Waals surface area (Å²) >= 11 is 0. The van der Waals surface area contributed by atoms with E-state index in [0.717, 1.165) is 18.5 Å². The molecule has 0 aromatic heterocycles. The molecule has 1 saturated heterocycles. The average Bonchev–Trinajstić information content (AvgIpc) is 1.88. The molecule has 1 aliphatic rings. The number of rotatable bonds is 1. The molecule has 0 aromatic rings. The van der Waals surface area contributed by atoms with E-state index in [-0.39, 0.29) is 0 Å². The zero-order valence-electron chi connectivity index (χ0n) is 5.76. The van der Waals surface area contributed by atoms with Crippen LogP contribution in [0.3, 0.4) is 0 Å². The van der Waals surface area contributed by atoms with Crippen LogP contribution in [-0.2, 0) is 4.79 Å². The quantitative estimate of drug-likeness (QED) is 0.519. The molecule has 10 heavy (non-hydrogen) atoms. The van der Waals surface area contributed by atoms with Crippen molar-refractivity contribution in [3.8, 4) is 0 Å². The van der Waals surface area contributed by atoms with Crippen molar-refractivity contribution in [1.29, 1.82) is 0 Å². The lowest BCUT2D eigenvalue weighted by Crippen LogP contribution is -2.40. The molecule has 1 heterocycles. The molecule has 56 valence electrons. The van der Waals surface area contributed by atoms with Crippen molar-refractivity contribution in [2.24, 2.45) is 0 Å². The summed E-state index contributed by atoms with van der Waals surface area (Å²) < 4.78 is 0. The Balaban J connectivity index is 2.47. The standard InChI is InChI=1S/C7H11NO2/c1-5-2-3-8-6(4-5)7(9)10/h6,8H,1-4H2,(H,9,10)/t6-/m0/s1. The maximum absolute atomic E-state index is 10.4. The Bertz CT molecular complexity index is 163. The van der Waals surface area contributed by atoms with Gasteiger partial charge in [0.15, 0.2) is 0 Å². The number of hydrogen-bond acceptors (Lipinski definition) is 2. The molecular formula is C7H11NO2. The third-order valence-corrected chi connectivity index (χ3v) is 1.66. The molecular weight excluding hydrogens is 130 g/mol. The van der Waals surface area contributed by atoms with Crippen LogP contribution in [0.5, 0.6) is 0 Å². The van der Waals surface area contributed by atoms with E-state index in [2.05, 4.69) is 11.9 Å². The molecule has 0 amide bonds. The first-order chi connectivity index (χ1) is 4.70. The first-order valence-corrected chi connectivity index (χ1v) is 3.33. The summed E-state index contributed by atoms with van der Waals surface area (Å²) in [6.45, 7) is 4.49. The van der Waals surface area contributed by atoms with Gasteiger partial charge in [-0.3, -0.25) is 4.79 Å². The van der Waals surface area contributed by atoms with Crippen molar-refractivity contribution in [2.45, 2.75) is 18.9 Å². The second-order valence-electron chi connectivity index (χ2n) is 2.55. The lowest BCUT2D eigenvalue weighted by Gasteiger charge is -2.21. The number of hydrogen-bond donors (Lipinski definition) is 2. The molecule has 0 bridgehead atoms. The molecule has 3 nitrogen and oxygen atoms in total. The summed E-state index contributed by atoms with van der Waals surface area (Å²) in [6.07, 6.45) is 1.49. The van der Waals surface area contributed by atoms with Crippen LogP contribution in [0, 0.1) is 0 Å². The van der Waals surface area contributed by atoms with Gasteiger partial charge in [-0.05, 0) is 19.4 Å². The molecule has 0 aliphatic carbocycles. The molecule has 2 N–H and O–H groups in total. The number of carboxylic acids is 1. The number of aliphatic carboxylic acids is 1. The SMILES string of the molecule is C=C1CCN[C@H](C(=O)O)C1. The van der Waals surface area contributed by atoms with Gasteiger partial charge >= 0.3 is 5.97 Å². The Kier molecular flexibility index (Phi) is 2.06. The Hall–Kier alpha value is -0.830. The Labute approximate surface area is 59.7 Å². The molecule has 0 aromatic carbocycles. The van der Waals surface area contributed by atoms with Crippen LogP contribution in [-0.4, -0.2) is 23.7 Å². The maximum atomic E-state index is 10.4. The summed E-state index contributed by atoms with van der Waals surface area (Å²) in [4.78, 5) is 10.4. The van der Waals surface area contributed by atoms with Crippen molar-refractivity contribution >= 4 is 5.97 Å². The van der Waals surface area contributed by atoms with Gasteiger partial charge in [-0.25, -0.2) is 0 Å². The van der Waals surface area contributed by atoms with Gasteiger partial charge in [0.25, 0.3) is 0 Å². The molecule has 1 atom stereocenters. The summed E-state index contributed by atoms with van der Waals surface area (Å²) in [5.74, 6) is -0.777. The van der Waals surface area contributed by atoms with Crippen molar-refractivity contribution in [2.75, 3.05) is 6.54 Å². The van der Waals surface area contributed by atoms with E-state index in [1.165, 1.54) is 0 Å². The van der Waals surface area contributed by atoms with E-state index in [9.17, 15) is 4.79 Å². The highest BCUT2D eigenvalue weighted by Gasteiger charge is 2.20. The van der Waals surface area contributed by atoms with Crippen LogP contribution in [0.1, 0.15) is 12.8 Å². The summed E-state index contributed by atoms with van der Waals surface area (Å²) in [7, 11) is 0. The molecule has 3 heteroatoms. The van der Waals surface area contributed by atoms with Crippen LogP contribution in [0.4, 0.5) is 0 Å². The third kappa shape index (κ3) is 1.57. The largest absolute Gasteiger partial charge is 0.480 e. The van der Waals surface area contributed by atoms with Crippen LogP contribution in [0.25, 0.3) is 0 Å². The fourth-order valence-electron chi connectivity index (χ4n) is 1.06. The molecule has 1 fully saturated rings. The number of carboxylic acid groups (broad SMARTS) is 1. The second kappa shape index (κ2) is 2.84. The minimum absolute atomic E-state index is 0.402. The van der Waals surface area contributed by atoms with E-state index >= 15 is 0 Å². The van der Waals surface area contributed by atoms with Gasteiger partial charge < -0.3 is 10.4 Å². The topological polar surface area (TPSA) is 49.3 Å². The smallest absolute Gasteiger partial charge is 0.321 e. The van der Waals surface area contributed by atoms with Crippen LogP contribution < -0.4 is 5.32 Å². The van der Waals surface area contributed by atoms with Crippen molar-refractivity contribution in [3.63, 3.8) is 0 Å². The summed E-state index contributed by atoms with van der Waals surface area (Å²) in [5.41, 5.74) is 1.03. The van der Waals surface area contributed by atoms with Crippen LogP contribution in [0.15, 0.2) is 12.2 Å². The third-order valence-electron chi connectivity index (χ3n) is 1.66. The van der Waals surface area contributed by atoms with Crippen molar-refractivity contribution in [3.05, 3.63) is 12.2 Å². The normalized spacial score (nSPS) is 26.4. The lowest BCUT2D eigenvalue weighted by atomic mass is 10.0. The monoisotopic (exact) mass is 141 g/mol. The Morgan fingerprint density at radius 3 is 2.90 bits per heavy atom. The van der Waals surface area contributed by atoms with Crippen molar-refractivity contribution in [1.82, 2.24) is 5.32 Å². The Morgan fingerprint density at radius 2 is 2.50 bits per heavy atom. The number of carbonyl (C=O) groups is 1. The molecule has 0 unspecified atom stereocenters.